The largest absolute Gasteiger partial charge is 0.438 e. The Balaban J connectivity index is 2.39. The molecule has 0 aliphatic heterocycles. The lowest BCUT2D eigenvalue weighted by Crippen LogP contribution is -2.09. The highest BCUT2D eigenvalue weighted by Crippen LogP contribution is 2.31. The minimum absolute atomic E-state index is 0.0588. The molecule has 1 heterocycles. The Morgan fingerprint density at radius 2 is 1.75 bits per heavy atom. The smallest absolute Gasteiger partial charge is 0.433 e. The van der Waals surface area contributed by atoms with E-state index in [1.165, 1.54) is 0 Å². The molecule has 0 bridgehead atoms. The first kappa shape index (κ1) is 14.6. The van der Waals surface area contributed by atoms with Crippen LogP contribution in [0.5, 0.6) is 11.6 Å². The molecule has 102 valence electrons. The van der Waals surface area contributed by atoms with Crippen LogP contribution in [-0.4, -0.2) is 4.98 Å². The maximum Gasteiger partial charge on any atom is 0.433 e. The van der Waals surface area contributed by atoms with Crippen LogP contribution in [0.2, 0.25) is 0 Å². The van der Waals surface area contributed by atoms with Gasteiger partial charge >= 0.3 is 6.18 Å². The molecular formula is C13H6F3IN2O. The topological polar surface area (TPSA) is 45.9 Å². The van der Waals surface area contributed by atoms with E-state index in [1.807, 2.05) is 0 Å². The standard InChI is InChI=1S/C13H6F3IN2O/c14-13(15,16)11-6-1-8(7-18)12(19-11)20-10-4-2-9(17)3-5-10/h1-6H. The summed E-state index contributed by atoms with van der Waals surface area (Å²) < 4.78 is 44.0. The summed E-state index contributed by atoms with van der Waals surface area (Å²) in [6.07, 6.45) is -4.59. The quantitative estimate of drug-likeness (QED) is 0.716. The van der Waals surface area contributed by atoms with Gasteiger partial charge in [-0.1, -0.05) is 0 Å². The third-order valence-corrected chi connectivity index (χ3v) is 3.02. The molecule has 0 saturated carbocycles. The van der Waals surface area contributed by atoms with Gasteiger partial charge in [0.05, 0.1) is 0 Å². The number of hydrogen-bond donors (Lipinski definition) is 0. The van der Waals surface area contributed by atoms with Crippen molar-refractivity contribution < 1.29 is 17.9 Å². The number of halogens is 4. The molecule has 1 aromatic carbocycles. The second-order valence-electron chi connectivity index (χ2n) is 3.71. The average molecular weight is 390 g/mol. The lowest BCUT2D eigenvalue weighted by Gasteiger charge is -2.10. The van der Waals surface area contributed by atoms with Crippen molar-refractivity contribution in [3.8, 4) is 17.7 Å². The first-order valence-electron chi connectivity index (χ1n) is 5.32. The van der Waals surface area contributed by atoms with E-state index in [1.54, 1.807) is 30.3 Å². The molecule has 0 unspecified atom stereocenters. The van der Waals surface area contributed by atoms with Crippen LogP contribution in [0, 0.1) is 14.9 Å². The van der Waals surface area contributed by atoms with Gasteiger partial charge in [0, 0.05) is 3.57 Å². The van der Waals surface area contributed by atoms with Crippen LogP contribution in [0.25, 0.3) is 0 Å². The molecule has 0 spiro atoms. The number of hydrogen-bond acceptors (Lipinski definition) is 3. The molecule has 2 rings (SSSR count). The Morgan fingerprint density at radius 1 is 1.10 bits per heavy atom. The van der Waals surface area contributed by atoms with Crippen molar-refractivity contribution in [2.24, 2.45) is 0 Å². The zero-order valence-electron chi connectivity index (χ0n) is 9.78. The zero-order chi connectivity index (χ0) is 14.8. The first-order valence-corrected chi connectivity index (χ1v) is 6.40. The number of aromatic nitrogens is 1. The molecule has 0 atom stereocenters. The molecule has 1 aromatic heterocycles. The second kappa shape index (κ2) is 5.66. The van der Waals surface area contributed by atoms with Crippen LogP contribution in [0.4, 0.5) is 13.2 Å². The van der Waals surface area contributed by atoms with Gasteiger partial charge in [-0.2, -0.15) is 18.4 Å². The molecule has 0 fully saturated rings. The summed E-state index contributed by atoms with van der Waals surface area (Å²) in [5.74, 6) is -0.0442. The fourth-order valence-electron chi connectivity index (χ4n) is 1.38. The van der Waals surface area contributed by atoms with E-state index in [0.717, 1.165) is 15.7 Å². The first-order chi connectivity index (χ1) is 9.40. The lowest BCUT2D eigenvalue weighted by molar-refractivity contribution is -0.141. The Labute approximate surface area is 126 Å². The van der Waals surface area contributed by atoms with Gasteiger partial charge in [-0.3, -0.25) is 0 Å². The molecular weight excluding hydrogens is 384 g/mol. The number of ether oxygens (including phenoxy) is 1. The van der Waals surface area contributed by atoms with Crippen molar-refractivity contribution >= 4 is 22.6 Å². The average Bonchev–Trinajstić information content (AvgIpc) is 2.40. The minimum Gasteiger partial charge on any atom is -0.438 e. The van der Waals surface area contributed by atoms with Gasteiger partial charge in [0.2, 0.25) is 5.88 Å². The maximum absolute atomic E-state index is 12.6. The highest BCUT2D eigenvalue weighted by atomic mass is 127. The predicted molar refractivity (Wildman–Crippen MR) is 73.2 cm³/mol. The van der Waals surface area contributed by atoms with Crippen molar-refractivity contribution in [3.63, 3.8) is 0 Å². The van der Waals surface area contributed by atoms with Gasteiger partial charge in [-0.05, 0) is 59.0 Å². The molecule has 20 heavy (non-hydrogen) atoms. The third kappa shape index (κ3) is 3.39. The SMILES string of the molecule is N#Cc1ccc(C(F)(F)F)nc1Oc1ccc(I)cc1. The van der Waals surface area contributed by atoms with E-state index < -0.39 is 11.9 Å². The summed E-state index contributed by atoms with van der Waals surface area (Å²) in [5, 5.41) is 8.88. The van der Waals surface area contributed by atoms with Crippen molar-refractivity contribution in [1.29, 1.82) is 5.26 Å². The summed E-state index contributed by atoms with van der Waals surface area (Å²) in [6, 6.07) is 10.2. The number of pyridine rings is 1. The van der Waals surface area contributed by atoms with Gasteiger partial charge in [0.15, 0.2) is 0 Å². The second-order valence-corrected chi connectivity index (χ2v) is 4.96. The van der Waals surface area contributed by atoms with Crippen molar-refractivity contribution in [2.45, 2.75) is 6.18 Å². The van der Waals surface area contributed by atoms with E-state index >= 15 is 0 Å². The molecule has 0 radical (unpaired) electrons. The molecule has 2 aromatic rings. The van der Waals surface area contributed by atoms with E-state index in [0.29, 0.717) is 5.75 Å². The summed E-state index contributed by atoms with van der Waals surface area (Å²) in [6.45, 7) is 0. The Morgan fingerprint density at radius 3 is 2.30 bits per heavy atom. The molecule has 0 amide bonds. The lowest BCUT2D eigenvalue weighted by atomic mass is 10.2. The summed E-state index contributed by atoms with van der Waals surface area (Å²) in [7, 11) is 0. The predicted octanol–water partition coefficient (Wildman–Crippen LogP) is 4.37. The molecule has 7 heteroatoms. The van der Waals surface area contributed by atoms with Crippen LogP contribution >= 0.6 is 22.6 Å². The van der Waals surface area contributed by atoms with Crippen LogP contribution in [0.1, 0.15) is 11.3 Å². The Bertz CT molecular complexity index is 663. The van der Waals surface area contributed by atoms with Crippen molar-refractivity contribution in [2.75, 3.05) is 0 Å². The third-order valence-electron chi connectivity index (χ3n) is 2.30. The monoisotopic (exact) mass is 390 g/mol. The van der Waals surface area contributed by atoms with Crippen molar-refractivity contribution in [1.82, 2.24) is 4.98 Å². The van der Waals surface area contributed by atoms with Crippen LogP contribution < -0.4 is 4.74 Å². The van der Waals surface area contributed by atoms with Crippen LogP contribution in [-0.2, 0) is 6.18 Å². The fraction of sp³-hybridized carbons (Fsp3) is 0.0769. The maximum atomic E-state index is 12.6. The summed E-state index contributed by atoms with van der Waals surface area (Å²) in [5.41, 5.74) is -1.16. The normalized spacial score (nSPS) is 10.9. The zero-order valence-corrected chi connectivity index (χ0v) is 11.9. The number of benzene rings is 1. The van der Waals surface area contributed by atoms with E-state index in [9.17, 15) is 13.2 Å². The van der Waals surface area contributed by atoms with E-state index in [-0.39, 0.29) is 11.4 Å². The van der Waals surface area contributed by atoms with Gasteiger partial charge in [0.25, 0.3) is 0 Å². The minimum atomic E-state index is -4.59. The van der Waals surface area contributed by atoms with E-state index in [2.05, 4.69) is 27.6 Å². The Hall–Kier alpha value is -1.82. The highest BCUT2D eigenvalue weighted by molar-refractivity contribution is 14.1. The summed E-state index contributed by atoms with van der Waals surface area (Å²) in [4.78, 5) is 3.36. The number of nitriles is 1. The molecule has 0 aliphatic rings. The summed E-state index contributed by atoms with van der Waals surface area (Å²) >= 11 is 2.09. The van der Waals surface area contributed by atoms with Gasteiger partial charge in [0.1, 0.15) is 23.1 Å². The highest BCUT2D eigenvalue weighted by Gasteiger charge is 2.33. The van der Waals surface area contributed by atoms with E-state index in [4.69, 9.17) is 10.00 Å². The number of alkyl halides is 3. The van der Waals surface area contributed by atoms with Crippen molar-refractivity contribution in [3.05, 3.63) is 51.2 Å². The fourth-order valence-corrected chi connectivity index (χ4v) is 1.74. The Kier molecular flexibility index (Phi) is 4.13. The van der Waals surface area contributed by atoms with Gasteiger partial charge < -0.3 is 4.74 Å². The van der Waals surface area contributed by atoms with Crippen LogP contribution in [0.15, 0.2) is 36.4 Å². The molecule has 0 aliphatic carbocycles. The van der Waals surface area contributed by atoms with Gasteiger partial charge in [-0.25, -0.2) is 4.98 Å². The van der Waals surface area contributed by atoms with Gasteiger partial charge in [-0.15, -0.1) is 0 Å². The molecule has 0 saturated heterocycles. The molecule has 0 N–H and O–H groups in total. The molecule has 3 nitrogen and oxygen atoms in total. The number of rotatable bonds is 2. The number of nitrogens with zero attached hydrogens (tertiary/aromatic N) is 2. The van der Waals surface area contributed by atoms with Crippen LogP contribution in [0.3, 0.4) is 0 Å².